The lowest BCUT2D eigenvalue weighted by Crippen LogP contribution is -2.23. The lowest BCUT2D eigenvalue weighted by Gasteiger charge is -2.36. The maximum atomic E-state index is 8.62. The predicted molar refractivity (Wildman–Crippen MR) is 55.2 cm³/mol. The van der Waals surface area contributed by atoms with Crippen LogP contribution in [0.25, 0.3) is 0 Å². The largest absolute Gasteiger partial charge is 0.198 e. The zero-order valence-electron chi connectivity index (χ0n) is 8.76. The zero-order chi connectivity index (χ0) is 10.3. The van der Waals surface area contributed by atoms with Crippen molar-refractivity contribution in [3.05, 3.63) is 0 Å². The quantitative estimate of drug-likeness (QED) is 0.680. The highest BCUT2D eigenvalue weighted by Gasteiger charge is 2.30. The Morgan fingerprint density at radius 3 is 1.79 bits per heavy atom. The maximum absolute atomic E-state index is 8.62. The minimum Gasteiger partial charge on any atom is -0.198 e. The van der Waals surface area contributed by atoms with E-state index in [1.165, 1.54) is 32.1 Å². The van der Waals surface area contributed by atoms with Gasteiger partial charge in [0.2, 0.25) is 0 Å². The number of nitriles is 2. The molecule has 1 rings (SSSR count). The fraction of sp³-hybridized carbons (Fsp3) is 0.833. The van der Waals surface area contributed by atoms with Crippen molar-refractivity contribution >= 4 is 0 Å². The van der Waals surface area contributed by atoms with Crippen molar-refractivity contribution in [2.45, 2.75) is 57.8 Å². The van der Waals surface area contributed by atoms with Crippen LogP contribution in [0.1, 0.15) is 57.8 Å². The van der Waals surface area contributed by atoms with E-state index >= 15 is 0 Å². The Morgan fingerprint density at radius 1 is 0.857 bits per heavy atom. The second kappa shape index (κ2) is 5.66. The predicted octanol–water partition coefficient (Wildman–Crippen LogP) is 3.54. The maximum Gasteiger partial charge on any atom is 0.0621 e. The summed E-state index contributed by atoms with van der Waals surface area (Å²) >= 11 is 0. The molecule has 0 aromatic rings. The lowest BCUT2D eigenvalue weighted by atomic mass is 9.68. The van der Waals surface area contributed by atoms with Gasteiger partial charge in [-0.25, -0.2) is 0 Å². The van der Waals surface area contributed by atoms with Crippen molar-refractivity contribution in [1.29, 1.82) is 10.5 Å². The van der Waals surface area contributed by atoms with E-state index in [-0.39, 0.29) is 0 Å². The fourth-order valence-electron chi connectivity index (χ4n) is 2.57. The third kappa shape index (κ3) is 3.04. The van der Waals surface area contributed by atoms with Crippen LogP contribution in [0.5, 0.6) is 0 Å². The summed E-state index contributed by atoms with van der Waals surface area (Å²) in [6, 6.07) is 4.47. The molecular weight excluding hydrogens is 172 g/mol. The average Bonchev–Trinajstić information content (AvgIpc) is 2.25. The smallest absolute Gasteiger partial charge is 0.0621 e. The van der Waals surface area contributed by atoms with Gasteiger partial charge in [-0.3, -0.25) is 0 Å². The summed E-state index contributed by atoms with van der Waals surface area (Å²) in [6.07, 6.45) is 9.70. The van der Waals surface area contributed by atoms with E-state index in [4.69, 9.17) is 10.5 Å². The molecule has 0 saturated heterocycles. The molecule has 14 heavy (non-hydrogen) atoms. The second-order valence-electron chi connectivity index (χ2n) is 4.38. The molecule has 1 aliphatic rings. The molecule has 2 nitrogen and oxygen atoms in total. The van der Waals surface area contributed by atoms with E-state index in [2.05, 4.69) is 12.1 Å². The molecule has 0 unspecified atom stereocenters. The highest BCUT2D eigenvalue weighted by molar-refractivity contribution is 4.88. The summed E-state index contributed by atoms with van der Waals surface area (Å²) < 4.78 is 0. The van der Waals surface area contributed by atoms with Crippen molar-refractivity contribution in [2.24, 2.45) is 5.41 Å². The Morgan fingerprint density at radius 2 is 1.36 bits per heavy atom. The summed E-state index contributed by atoms with van der Waals surface area (Å²) in [6.45, 7) is 0. The van der Waals surface area contributed by atoms with Gasteiger partial charge in [0.1, 0.15) is 0 Å². The first-order chi connectivity index (χ1) is 6.83. The number of hydrogen-bond donors (Lipinski definition) is 0. The van der Waals surface area contributed by atoms with Crippen molar-refractivity contribution in [2.75, 3.05) is 0 Å². The molecule has 2 heteroatoms. The van der Waals surface area contributed by atoms with Gasteiger partial charge in [0.15, 0.2) is 0 Å². The van der Waals surface area contributed by atoms with Crippen LogP contribution in [0.15, 0.2) is 0 Å². The Bertz CT molecular complexity index is 218. The van der Waals surface area contributed by atoms with E-state index in [0.717, 1.165) is 12.8 Å². The molecule has 1 fully saturated rings. The topological polar surface area (TPSA) is 47.6 Å². The molecule has 1 saturated carbocycles. The first-order valence-electron chi connectivity index (χ1n) is 5.57. The highest BCUT2D eigenvalue weighted by Crippen LogP contribution is 2.43. The third-order valence-electron chi connectivity index (χ3n) is 3.45. The first kappa shape index (κ1) is 11.1. The molecule has 0 radical (unpaired) electrons. The van der Waals surface area contributed by atoms with Crippen molar-refractivity contribution < 1.29 is 0 Å². The number of hydrogen-bond acceptors (Lipinski definition) is 2. The van der Waals surface area contributed by atoms with Gasteiger partial charge in [0.25, 0.3) is 0 Å². The standard InChI is InChI=1S/C12H18N2/c13-10-4-8-12(9-5-11-14)6-2-1-3-7-12/h1-9H2. The minimum atomic E-state index is 0.337. The van der Waals surface area contributed by atoms with Crippen molar-refractivity contribution in [3.8, 4) is 12.1 Å². The van der Waals surface area contributed by atoms with Crippen LogP contribution in [-0.4, -0.2) is 0 Å². The molecular formula is C12H18N2. The number of rotatable bonds is 4. The van der Waals surface area contributed by atoms with E-state index in [9.17, 15) is 0 Å². The zero-order valence-corrected chi connectivity index (χ0v) is 8.76. The summed E-state index contributed by atoms with van der Waals surface area (Å²) in [7, 11) is 0. The molecule has 0 atom stereocenters. The fourth-order valence-corrected chi connectivity index (χ4v) is 2.57. The molecule has 0 heterocycles. The summed E-state index contributed by atoms with van der Waals surface area (Å²) in [5.41, 5.74) is 0.337. The average molecular weight is 190 g/mol. The van der Waals surface area contributed by atoms with Gasteiger partial charge in [-0.1, -0.05) is 19.3 Å². The third-order valence-corrected chi connectivity index (χ3v) is 3.45. The van der Waals surface area contributed by atoms with E-state index in [0.29, 0.717) is 18.3 Å². The van der Waals surface area contributed by atoms with Crippen LogP contribution in [-0.2, 0) is 0 Å². The minimum absolute atomic E-state index is 0.337. The van der Waals surface area contributed by atoms with Crippen LogP contribution in [0.3, 0.4) is 0 Å². The Kier molecular flexibility index (Phi) is 4.47. The van der Waals surface area contributed by atoms with Gasteiger partial charge in [-0.15, -0.1) is 0 Å². The summed E-state index contributed by atoms with van der Waals surface area (Å²) in [4.78, 5) is 0. The molecule has 1 aliphatic carbocycles. The van der Waals surface area contributed by atoms with Gasteiger partial charge < -0.3 is 0 Å². The molecule has 0 aromatic heterocycles. The monoisotopic (exact) mass is 190 g/mol. The number of nitrogens with zero attached hydrogens (tertiary/aromatic N) is 2. The second-order valence-corrected chi connectivity index (χ2v) is 4.38. The summed E-state index contributed by atoms with van der Waals surface area (Å²) in [5, 5.41) is 17.2. The van der Waals surface area contributed by atoms with E-state index in [1.54, 1.807) is 0 Å². The van der Waals surface area contributed by atoms with Gasteiger partial charge >= 0.3 is 0 Å². The van der Waals surface area contributed by atoms with Crippen LogP contribution >= 0.6 is 0 Å². The Labute approximate surface area is 86.5 Å². The van der Waals surface area contributed by atoms with E-state index < -0.39 is 0 Å². The molecule has 0 spiro atoms. The Balaban J connectivity index is 2.49. The first-order valence-corrected chi connectivity index (χ1v) is 5.57. The van der Waals surface area contributed by atoms with Crippen LogP contribution in [0, 0.1) is 28.1 Å². The molecule has 0 amide bonds. The molecule has 0 N–H and O–H groups in total. The van der Waals surface area contributed by atoms with Crippen molar-refractivity contribution in [3.63, 3.8) is 0 Å². The molecule has 76 valence electrons. The molecule has 0 bridgehead atoms. The van der Waals surface area contributed by atoms with E-state index in [1.807, 2.05) is 0 Å². The van der Waals surface area contributed by atoms with Gasteiger partial charge in [-0.05, 0) is 31.1 Å². The highest BCUT2D eigenvalue weighted by atomic mass is 14.4. The molecule has 0 aromatic carbocycles. The summed E-state index contributed by atoms with van der Waals surface area (Å²) in [5.74, 6) is 0. The van der Waals surface area contributed by atoms with Gasteiger partial charge in [-0.2, -0.15) is 10.5 Å². The Hall–Kier alpha value is -1.02. The van der Waals surface area contributed by atoms with Gasteiger partial charge in [0.05, 0.1) is 12.1 Å². The normalized spacial score (nSPS) is 19.6. The van der Waals surface area contributed by atoms with Gasteiger partial charge in [0, 0.05) is 12.8 Å². The SMILES string of the molecule is N#CCCC1(CCC#N)CCCCC1. The van der Waals surface area contributed by atoms with Crippen LogP contribution in [0.2, 0.25) is 0 Å². The molecule has 0 aliphatic heterocycles. The lowest BCUT2D eigenvalue weighted by molar-refractivity contribution is 0.161. The van der Waals surface area contributed by atoms with Crippen LogP contribution in [0.4, 0.5) is 0 Å². The van der Waals surface area contributed by atoms with Crippen molar-refractivity contribution in [1.82, 2.24) is 0 Å². The van der Waals surface area contributed by atoms with Crippen LogP contribution < -0.4 is 0 Å².